The Hall–Kier alpha value is -1.71. The van der Waals surface area contributed by atoms with Crippen LogP contribution in [-0.2, 0) is 6.42 Å². The van der Waals surface area contributed by atoms with Crippen molar-refractivity contribution >= 4 is 5.71 Å². The van der Waals surface area contributed by atoms with E-state index in [9.17, 15) is 0 Å². The monoisotopic (exact) mass is 265 g/mol. The minimum Gasteiger partial charge on any atom is -0.490 e. The fraction of sp³-hybridized carbons (Fsp3) is 0.533. The minimum atomic E-state index is 0.119. The third kappa shape index (κ3) is 5.20. The van der Waals surface area contributed by atoms with Crippen molar-refractivity contribution in [1.82, 2.24) is 0 Å². The molecule has 0 amide bonds. The first-order chi connectivity index (χ1) is 9.06. The highest BCUT2D eigenvalue weighted by molar-refractivity contribution is 5.81. The second kappa shape index (κ2) is 7.67. The number of aryl methyl sites for hydroxylation is 1. The van der Waals surface area contributed by atoms with Gasteiger partial charge < -0.3 is 14.7 Å². The van der Waals surface area contributed by atoms with E-state index in [1.54, 1.807) is 6.92 Å². The summed E-state index contributed by atoms with van der Waals surface area (Å²) in [6.07, 6.45) is 1.67. The lowest BCUT2D eigenvalue weighted by Gasteiger charge is -2.15. The Labute approximate surface area is 115 Å². The van der Waals surface area contributed by atoms with Crippen molar-refractivity contribution in [3.8, 4) is 11.5 Å². The molecular formula is C15H23NO3. The van der Waals surface area contributed by atoms with Crippen LogP contribution in [-0.4, -0.2) is 23.6 Å². The highest BCUT2D eigenvalue weighted by atomic mass is 16.5. The van der Waals surface area contributed by atoms with Gasteiger partial charge in [-0.15, -0.1) is 0 Å². The van der Waals surface area contributed by atoms with Gasteiger partial charge in [-0.25, -0.2) is 0 Å². The summed E-state index contributed by atoms with van der Waals surface area (Å²) in [5, 5.41) is 11.8. The number of nitrogens with zero attached hydrogens (tertiary/aromatic N) is 1. The molecular weight excluding hydrogens is 242 g/mol. The predicted octanol–water partition coefficient (Wildman–Crippen LogP) is 3.66. The normalized spacial score (nSPS) is 11.7. The van der Waals surface area contributed by atoms with Crippen molar-refractivity contribution in [2.24, 2.45) is 5.16 Å². The van der Waals surface area contributed by atoms with E-state index in [0.717, 1.165) is 35.6 Å². The number of ether oxygens (including phenoxy) is 2. The molecule has 4 nitrogen and oxygen atoms in total. The van der Waals surface area contributed by atoms with Crippen LogP contribution >= 0.6 is 0 Å². The molecule has 1 rings (SSSR count). The molecule has 0 bridgehead atoms. The molecule has 1 aromatic rings. The van der Waals surface area contributed by atoms with E-state index in [-0.39, 0.29) is 6.10 Å². The number of rotatable bonds is 7. The molecule has 0 unspecified atom stereocenters. The van der Waals surface area contributed by atoms with Gasteiger partial charge in [0.25, 0.3) is 0 Å². The Morgan fingerprint density at radius 2 is 2.05 bits per heavy atom. The van der Waals surface area contributed by atoms with Gasteiger partial charge in [0.1, 0.15) is 0 Å². The predicted molar refractivity (Wildman–Crippen MR) is 76.6 cm³/mol. The summed E-state index contributed by atoms with van der Waals surface area (Å²) in [4.78, 5) is 0. The first-order valence-electron chi connectivity index (χ1n) is 6.66. The Morgan fingerprint density at radius 3 is 2.63 bits per heavy atom. The summed E-state index contributed by atoms with van der Waals surface area (Å²) in [6.45, 7) is 8.35. The Morgan fingerprint density at radius 1 is 1.32 bits per heavy atom. The van der Waals surface area contributed by atoms with Gasteiger partial charge in [0, 0.05) is 0 Å². The molecule has 0 saturated heterocycles. The highest BCUT2D eigenvalue weighted by Crippen LogP contribution is 2.29. The maximum absolute atomic E-state index is 8.64. The minimum absolute atomic E-state index is 0.119. The molecule has 0 aromatic heterocycles. The van der Waals surface area contributed by atoms with E-state index in [1.165, 1.54) is 0 Å². The molecule has 1 N–H and O–H groups in total. The standard InChI is InChI=1S/C15H23NO3/c1-5-18-15-10-13(7-6-12(4)16-17)8-9-14(15)19-11(2)3/h8-11,17H,5-7H2,1-4H3/b16-12+. The molecule has 4 heteroatoms. The van der Waals surface area contributed by atoms with Crippen LogP contribution in [0.5, 0.6) is 11.5 Å². The largest absolute Gasteiger partial charge is 0.490 e. The molecule has 106 valence electrons. The van der Waals surface area contributed by atoms with Gasteiger partial charge in [-0.05, 0) is 58.2 Å². The Balaban J connectivity index is 2.82. The van der Waals surface area contributed by atoms with Crippen molar-refractivity contribution in [1.29, 1.82) is 0 Å². The van der Waals surface area contributed by atoms with Gasteiger partial charge in [0.2, 0.25) is 0 Å². The maximum Gasteiger partial charge on any atom is 0.161 e. The van der Waals surface area contributed by atoms with E-state index in [0.29, 0.717) is 6.61 Å². The van der Waals surface area contributed by atoms with E-state index < -0.39 is 0 Å². The molecule has 0 aliphatic rings. The lowest BCUT2D eigenvalue weighted by Crippen LogP contribution is -2.07. The van der Waals surface area contributed by atoms with E-state index in [4.69, 9.17) is 14.7 Å². The summed E-state index contributed by atoms with van der Waals surface area (Å²) >= 11 is 0. The molecule has 1 aromatic carbocycles. The van der Waals surface area contributed by atoms with Crippen molar-refractivity contribution < 1.29 is 14.7 Å². The SMILES string of the molecule is CCOc1cc(CC/C(C)=N/O)ccc1OC(C)C. The maximum atomic E-state index is 8.64. The summed E-state index contributed by atoms with van der Waals surface area (Å²) in [6, 6.07) is 5.95. The fourth-order valence-electron chi connectivity index (χ4n) is 1.70. The zero-order valence-corrected chi connectivity index (χ0v) is 12.1. The van der Waals surface area contributed by atoms with Gasteiger partial charge in [-0.2, -0.15) is 0 Å². The van der Waals surface area contributed by atoms with Gasteiger partial charge >= 0.3 is 0 Å². The van der Waals surface area contributed by atoms with E-state index in [1.807, 2.05) is 39.0 Å². The van der Waals surface area contributed by atoms with Gasteiger partial charge in [0.05, 0.1) is 18.4 Å². The van der Waals surface area contributed by atoms with E-state index >= 15 is 0 Å². The zero-order chi connectivity index (χ0) is 14.3. The molecule has 0 spiro atoms. The van der Waals surface area contributed by atoms with Crippen LogP contribution < -0.4 is 9.47 Å². The summed E-state index contributed by atoms with van der Waals surface area (Å²) in [7, 11) is 0. The van der Waals surface area contributed by atoms with Gasteiger partial charge in [-0.1, -0.05) is 11.2 Å². The quantitative estimate of drug-likeness (QED) is 0.465. The average molecular weight is 265 g/mol. The first-order valence-corrected chi connectivity index (χ1v) is 6.66. The molecule has 0 atom stereocenters. The third-order valence-corrected chi connectivity index (χ3v) is 2.62. The molecule has 0 aliphatic carbocycles. The van der Waals surface area contributed by atoms with Crippen LogP contribution in [0.3, 0.4) is 0 Å². The van der Waals surface area contributed by atoms with Gasteiger partial charge in [-0.3, -0.25) is 0 Å². The summed E-state index contributed by atoms with van der Waals surface area (Å²) in [5.74, 6) is 1.54. The molecule has 0 fully saturated rings. The van der Waals surface area contributed by atoms with Crippen LogP contribution in [0.25, 0.3) is 0 Å². The first kappa shape index (κ1) is 15.3. The Kier molecular flexibility index (Phi) is 6.19. The average Bonchev–Trinajstić information content (AvgIpc) is 2.38. The molecule has 0 heterocycles. The van der Waals surface area contributed by atoms with Crippen LogP contribution in [0.15, 0.2) is 23.4 Å². The van der Waals surface area contributed by atoms with Crippen molar-refractivity contribution in [3.63, 3.8) is 0 Å². The highest BCUT2D eigenvalue weighted by Gasteiger charge is 2.08. The fourth-order valence-corrected chi connectivity index (χ4v) is 1.70. The van der Waals surface area contributed by atoms with Crippen LogP contribution in [0.1, 0.15) is 39.7 Å². The lowest BCUT2D eigenvalue weighted by atomic mass is 10.1. The second-order valence-corrected chi connectivity index (χ2v) is 4.72. The second-order valence-electron chi connectivity index (χ2n) is 4.72. The molecule has 0 radical (unpaired) electrons. The zero-order valence-electron chi connectivity index (χ0n) is 12.1. The van der Waals surface area contributed by atoms with Crippen molar-refractivity contribution in [2.45, 2.75) is 46.6 Å². The summed E-state index contributed by atoms with van der Waals surface area (Å²) < 4.78 is 11.3. The van der Waals surface area contributed by atoms with E-state index in [2.05, 4.69) is 5.16 Å². The lowest BCUT2D eigenvalue weighted by molar-refractivity contribution is 0.223. The van der Waals surface area contributed by atoms with Crippen LogP contribution in [0.4, 0.5) is 0 Å². The molecule has 0 aliphatic heterocycles. The number of hydrogen-bond donors (Lipinski definition) is 1. The van der Waals surface area contributed by atoms with Crippen molar-refractivity contribution in [3.05, 3.63) is 23.8 Å². The summed E-state index contributed by atoms with van der Waals surface area (Å²) in [5.41, 5.74) is 1.86. The third-order valence-electron chi connectivity index (χ3n) is 2.62. The van der Waals surface area contributed by atoms with Crippen LogP contribution in [0.2, 0.25) is 0 Å². The molecule has 19 heavy (non-hydrogen) atoms. The topological polar surface area (TPSA) is 51.0 Å². The van der Waals surface area contributed by atoms with Gasteiger partial charge in [0.15, 0.2) is 11.5 Å². The smallest absolute Gasteiger partial charge is 0.161 e. The van der Waals surface area contributed by atoms with Crippen LogP contribution in [0, 0.1) is 0 Å². The van der Waals surface area contributed by atoms with Crippen molar-refractivity contribution in [2.75, 3.05) is 6.61 Å². The molecule has 0 saturated carbocycles. The number of oxime groups is 1. The Bertz CT molecular complexity index is 427. The number of benzene rings is 1. The number of hydrogen-bond acceptors (Lipinski definition) is 4.